The molecule has 2 heterocycles. The Morgan fingerprint density at radius 3 is 2.73 bits per heavy atom. The number of rotatable bonds is 6. The third-order valence-corrected chi connectivity index (χ3v) is 4.76. The number of aromatic nitrogens is 2. The number of guanidine groups is 1. The lowest BCUT2D eigenvalue weighted by Crippen LogP contribution is -2.47. The molecule has 0 saturated carbocycles. The van der Waals surface area contributed by atoms with Crippen molar-refractivity contribution in [1.82, 2.24) is 19.8 Å². The molecule has 1 aliphatic rings. The predicted molar refractivity (Wildman–Crippen MR) is 104 cm³/mol. The lowest BCUT2D eigenvalue weighted by molar-refractivity contribution is 0.0263. The number of ether oxygens (including phenoxy) is 1. The molecule has 0 spiro atoms. The summed E-state index contributed by atoms with van der Waals surface area (Å²) in [6.45, 7) is 6.30. The molecule has 0 aliphatic carbocycles. The molecule has 1 fully saturated rings. The number of imidazole rings is 1. The molecule has 26 heavy (non-hydrogen) atoms. The van der Waals surface area contributed by atoms with Gasteiger partial charge >= 0.3 is 0 Å². The van der Waals surface area contributed by atoms with E-state index in [1.165, 1.54) is 5.56 Å². The largest absolute Gasteiger partial charge is 0.378 e. The first-order valence-electron chi connectivity index (χ1n) is 9.41. The minimum Gasteiger partial charge on any atom is -0.378 e. The van der Waals surface area contributed by atoms with Crippen LogP contribution in [0.15, 0.2) is 47.7 Å². The highest BCUT2D eigenvalue weighted by molar-refractivity contribution is 5.79. The summed E-state index contributed by atoms with van der Waals surface area (Å²) in [5, 5.41) is 3.47. The zero-order valence-corrected chi connectivity index (χ0v) is 15.8. The monoisotopic (exact) mass is 355 g/mol. The average molecular weight is 355 g/mol. The Kier molecular flexibility index (Phi) is 6.66. The molecule has 0 bridgehead atoms. The van der Waals surface area contributed by atoms with Gasteiger partial charge in [-0.25, -0.2) is 4.98 Å². The quantitative estimate of drug-likeness (QED) is 0.639. The van der Waals surface area contributed by atoms with Crippen LogP contribution in [-0.2, 0) is 17.8 Å². The number of benzene rings is 1. The van der Waals surface area contributed by atoms with Crippen molar-refractivity contribution >= 4 is 5.96 Å². The molecule has 1 aliphatic heterocycles. The van der Waals surface area contributed by atoms with E-state index in [1.54, 1.807) is 0 Å². The smallest absolute Gasteiger partial charge is 0.194 e. The second-order valence-corrected chi connectivity index (χ2v) is 6.50. The number of aliphatic imine (C=N–C) groups is 1. The molecule has 0 radical (unpaired) electrons. The Morgan fingerprint density at radius 1 is 1.27 bits per heavy atom. The van der Waals surface area contributed by atoms with Gasteiger partial charge in [-0.3, -0.25) is 4.99 Å². The molecule has 1 aromatic carbocycles. The van der Waals surface area contributed by atoms with Crippen LogP contribution in [0, 0.1) is 0 Å². The van der Waals surface area contributed by atoms with Crippen molar-refractivity contribution in [3.05, 3.63) is 54.1 Å². The van der Waals surface area contributed by atoms with Crippen LogP contribution in [0.4, 0.5) is 0 Å². The van der Waals surface area contributed by atoms with Gasteiger partial charge in [-0.2, -0.15) is 0 Å². The van der Waals surface area contributed by atoms with Gasteiger partial charge < -0.3 is 19.5 Å². The molecule has 0 unspecified atom stereocenters. The second kappa shape index (κ2) is 9.38. The third-order valence-electron chi connectivity index (χ3n) is 4.76. The van der Waals surface area contributed by atoms with Gasteiger partial charge in [0.15, 0.2) is 5.96 Å². The fourth-order valence-electron chi connectivity index (χ4n) is 3.39. The molecule has 1 aromatic heterocycles. The van der Waals surface area contributed by atoms with E-state index in [4.69, 9.17) is 4.74 Å². The fraction of sp³-hybridized carbons (Fsp3) is 0.500. The van der Waals surface area contributed by atoms with Gasteiger partial charge in [0.1, 0.15) is 5.82 Å². The topological polar surface area (TPSA) is 54.7 Å². The molecule has 6 nitrogen and oxygen atoms in total. The summed E-state index contributed by atoms with van der Waals surface area (Å²) in [7, 11) is 1.84. The molecule has 140 valence electrons. The van der Waals surface area contributed by atoms with Crippen LogP contribution in [0.3, 0.4) is 0 Å². The maximum atomic E-state index is 5.74. The Balaban J connectivity index is 1.54. The summed E-state index contributed by atoms with van der Waals surface area (Å²) in [5.41, 5.74) is 1.27. The van der Waals surface area contributed by atoms with E-state index in [9.17, 15) is 0 Å². The van der Waals surface area contributed by atoms with Gasteiger partial charge in [0, 0.05) is 45.7 Å². The third kappa shape index (κ3) is 4.85. The first kappa shape index (κ1) is 18.5. The molecular weight excluding hydrogens is 326 g/mol. The van der Waals surface area contributed by atoms with E-state index in [1.807, 2.05) is 25.5 Å². The number of likely N-dealkylation sites (tertiary alicyclic amines) is 1. The van der Waals surface area contributed by atoms with Gasteiger partial charge in [-0.15, -0.1) is 0 Å². The zero-order chi connectivity index (χ0) is 18.2. The SMILES string of the molecule is CCOC1CCN(C(=NC)NCc2nccn2Cc2ccccc2)CC1. The summed E-state index contributed by atoms with van der Waals surface area (Å²) >= 11 is 0. The van der Waals surface area contributed by atoms with Gasteiger partial charge in [0.05, 0.1) is 12.6 Å². The lowest BCUT2D eigenvalue weighted by atomic mass is 10.1. The Morgan fingerprint density at radius 2 is 2.04 bits per heavy atom. The van der Waals surface area contributed by atoms with Crippen LogP contribution in [0.25, 0.3) is 0 Å². The molecule has 6 heteroatoms. The van der Waals surface area contributed by atoms with Gasteiger partial charge in [0.2, 0.25) is 0 Å². The molecule has 0 atom stereocenters. The van der Waals surface area contributed by atoms with Crippen LogP contribution in [-0.4, -0.2) is 53.3 Å². The molecule has 1 saturated heterocycles. The number of hydrogen-bond acceptors (Lipinski definition) is 3. The van der Waals surface area contributed by atoms with Crippen LogP contribution in [0.1, 0.15) is 31.2 Å². The summed E-state index contributed by atoms with van der Waals surface area (Å²) in [6, 6.07) is 10.5. The normalized spacial score (nSPS) is 16.1. The Hall–Kier alpha value is -2.34. The average Bonchev–Trinajstić information content (AvgIpc) is 3.11. The van der Waals surface area contributed by atoms with Crippen molar-refractivity contribution in [1.29, 1.82) is 0 Å². The number of hydrogen-bond donors (Lipinski definition) is 1. The van der Waals surface area contributed by atoms with E-state index in [2.05, 4.69) is 55.9 Å². The van der Waals surface area contributed by atoms with Crippen LogP contribution >= 0.6 is 0 Å². The van der Waals surface area contributed by atoms with Crippen LogP contribution in [0.5, 0.6) is 0 Å². The molecule has 3 rings (SSSR count). The van der Waals surface area contributed by atoms with Gasteiger partial charge in [0.25, 0.3) is 0 Å². The van der Waals surface area contributed by atoms with Crippen molar-refractivity contribution in [2.24, 2.45) is 4.99 Å². The van der Waals surface area contributed by atoms with E-state index in [-0.39, 0.29) is 0 Å². The van der Waals surface area contributed by atoms with Crippen molar-refractivity contribution in [3.63, 3.8) is 0 Å². The maximum absolute atomic E-state index is 5.74. The maximum Gasteiger partial charge on any atom is 0.194 e. The highest BCUT2D eigenvalue weighted by atomic mass is 16.5. The van der Waals surface area contributed by atoms with E-state index < -0.39 is 0 Å². The first-order chi connectivity index (χ1) is 12.8. The lowest BCUT2D eigenvalue weighted by Gasteiger charge is -2.34. The fourth-order valence-corrected chi connectivity index (χ4v) is 3.39. The van der Waals surface area contributed by atoms with Crippen LogP contribution < -0.4 is 5.32 Å². The van der Waals surface area contributed by atoms with E-state index in [0.717, 1.165) is 50.9 Å². The van der Waals surface area contributed by atoms with Crippen LogP contribution in [0.2, 0.25) is 0 Å². The number of nitrogens with zero attached hydrogens (tertiary/aromatic N) is 4. The highest BCUT2D eigenvalue weighted by Crippen LogP contribution is 2.14. The zero-order valence-electron chi connectivity index (χ0n) is 15.8. The van der Waals surface area contributed by atoms with E-state index >= 15 is 0 Å². The molecule has 2 aromatic rings. The van der Waals surface area contributed by atoms with Crippen molar-refractivity contribution in [3.8, 4) is 0 Å². The van der Waals surface area contributed by atoms with Gasteiger partial charge in [-0.1, -0.05) is 30.3 Å². The summed E-state index contributed by atoms with van der Waals surface area (Å²) in [5.74, 6) is 1.95. The Bertz CT molecular complexity index is 689. The second-order valence-electron chi connectivity index (χ2n) is 6.50. The summed E-state index contributed by atoms with van der Waals surface area (Å²) in [6.07, 6.45) is 6.38. The summed E-state index contributed by atoms with van der Waals surface area (Å²) in [4.78, 5) is 11.3. The number of piperidine rings is 1. The van der Waals surface area contributed by atoms with Gasteiger partial charge in [-0.05, 0) is 25.3 Å². The first-order valence-corrected chi connectivity index (χ1v) is 9.41. The minimum absolute atomic E-state index is 0.388. The molecule has 0 amide bonds. The van der Waals surface area contributed by atoms with Crippen molar-refractivity contribution in [2.45, 2.75) is 39.0 Å². The standard InChI is InChI=1S/C20H29N5O/c1-3-26-18-9-12-24(13-10-18)20(21-2)23-15-19-22-11-14-25(19)16-17-7-5-4-6-8-17/h4-8,11,14,18H,3,9-10,12-13,15-16H2,1-2H3,(H,21,23). The molecular formula is C20H29N5O. The number of nitrogens with one attached hydrogen (secondary N) is 1. The Labute approximate surface area is 155 Å². The van der Waals surface area contributed by atoms with Crippen molar-refractivity contribution in [2.75, 3.05) is 26.7 Å². The van der Waals surface area contributed by atoms with E-state index in [0.29, 0.717) is 12.6 Å². The van der Waals surface area contributed by atoms with Crippen molar-refractivity contribution < 1.29 is 4.74 Å². The molecule has 1 N–H and O–H groups in total. The predicted octanol–water partition coefficient (Wildman–Crippen LogP) is 2.51. The summed E-state index contributed by atoms with van der Waals surface area (Å²) < 4.78 is 7.91. The minimum atomic E-state index is 0.388. The highest BCUT2D eigenvalue weighted by Gasteiger charge is 2.21.